The Labute approximate surface area is 123 Å². The van der Waals surface area contributed by atoms with Gasteiger partial charge >= 0.3 is 0 Å². The molecule has 2 atom stereocenters. The van der Waals surface area contributed by atoms with Crippen LogP contribution < -0.4 is 5.32 Å². The second-order valence-electron chi connectivity index (χ2n) is 7.76. The summed E-state index contributed by atoms with van der Waals surface area (Å²) < 4.78 is 0. The lowest BCUT2D eigenvalue weighted by Crippen LogP contribution is -2.41. The predicted octanol–water partition coefficient (Wildman–Crippen LogP) is 3.15. The average molecular weight is 278 g/mol. The van der Waals surface area contributed by atoms with Crippen LogP contribution in [0.4, 0.5) is 0 Å². The third kappa shape index (κ3) is 2.74. The molecule has 3 nitrogen and oxygen atoms in total. The first-order valence-electron chi connectivity index (χ1n) is 8.62. The number of carbonyl (C=O) groups is 1. The monoisotopic (exact) mass is 278 g/mol. The van der Waals surface area contributed by atoms with Crippen LogP contribution in [0.5, 0.6) is 0 Å². The molecule has 3 fully saturated rings. The first kappa shape index (κ1) is 14.4. The van der Waals surface area contributed by atoms with Crippen molar-refractivity contribution in [3.63, 3.8) is 0 Å². The van der Waals surface area contributed by atoms with Gasteiger partial charge in [0.2, 0.25) is 5.91 Å². The highest BCUT2D eigenvalue weighted by Crippen LogP contribution is 2.61. The molecule has 3 aliphatic rings. The minimum absolute atomic E-state index is 0.0709. The number of hydrogen-bond donors (Lipinski definition) is 1. The first-order valence-corrected chi connectivity index (χ1v) is 8.62. The van der Waals surface area contributed by atoms with E-state index in [9.17, 15) is 4.79 Å². The van der Waals surface area contributed by atoms with Gasteiger partial charge in [0.15, 0.2) is 0 Å². The van der Waals surface area contributed by atoms with Crippen molar-refractivity contribution in [3.05, 3.63) is 0 Å². The number of carbonyl (C=O) groups excluding carboxylic acids is 1. The van der Waals surface area contributed by atoms with Gasteiger partial charge in [0.05, 0.1) is 12.2 Å². The van der Waals surface area contributed by atoms with E-state index in [1.165, 1.54) is 25.7 Å². The standard InChI is InChI=1S/C17H30N2O/c1-4-5-15-18-14(10-12(2)3)16(20)19(15)11-17(8-9-17)13-6-7-13/h12-15,18H,4-11H2,1-3H3. The Morgan fingerprint density at radius 1 is 1.35 bits per heavy atom. The largest absolute Gasteiger partial charge is 0.325 e. The zero-order chi connectivity index (χ0) is 14.3. The fourth-order valence-corrected chi connectivity index (χ4v) is 3.98. The summed E-state index contributed by atoms with van der Waals surface area (Å²) in [7, 11) is 0. The van der Waals surface area contributed by atoms with E-state index in [-0.39, 0.29) is 6.04 Å². The molecule has 2 aliphatic carbocycles. The van der Waals surface area contributed by atoms with Crippen LogP contribution in [0, 0.1) is 17.3 Å². The van der Waals surface area contributed by atoms with Gasteiger partial charge in [-0.2, -0.15) is 0 Å². The van der Waals surface area contributed by atoms with E-state index in [4.69, 9.17) is 0 Å². The van der Waals surface area contributed by atoms with E-state index in [1.54, 1.807) is 0 Å². The molecule has 114 valence electrons. The number of nitrogens with zero attached hydrogens (tertiary/aromatic N) is 1. The van der Waals surface area contributed by atoms with Crippen LogP contribution in [0.15, 0.2) is 0 Å². The Balaban J connectivity index is 1.67. The molecule has 0 spiro atoms. The van der Waals surface area contributed by atoms with E-state index in [1.807, 2.05) is 0 Å². The third-order valence-corrected chi connectivity index (χ3v) is 5.44. The lowest BCUT2D eigenvalue weighted by molar-refractivity contribution is -0.131. The Bertz CT molecular complexity index is 371. The van der Waals surface area contributed by atoms with Crippen molar-refractivity contribution in [1.82, 2.24) is 10.2 Å². The van der Waals surface area contributed by atoms with Crippen LogP contribution in [0.25, 0.3) is 0 Å². The SMILES string of the molecule is CCCC1NC(CC(C)C)C(=O)N1CC1(C2CC2)CC1. The van der Waals surface area contributed by atoms with Crippen molar-refractivity contribution in [2.45, 2.75) is 77.9 Å². The lowest BCUT2D eigenvalue weighted by Gasteiger charge is -2.28. The van der Waals surface area contributed by atoms with E-state index < -0.39 is 0 Å². The molecule has 0 aromatic rings. The maximum Gasteiger partial charge on any atom is 0.241 e. The second kappa shape index (κ2) is 5.32. The van der Waals surface area contributed by atoms with Crippen molar-refractivity contribution < 1.29 is 4.79 Å². The molecule has 3 rings (SSSR count). The number of rotatable bonds is 7. The summed E-state index contributed by atoms with van der Waals surface area (Å²) >= 11 is 0. The van der Waals surface area contributed by atoms with Crippen LogP contribution in [0.1, 0.15) is 65.7 Å². The molecule has 1 heterocycles. The van der Waals surface area contributed by atoms with Gasteiger partial charge < -0.3 is 4.90 Å². The van der Waals surface area contributed by atoms with Crippen LogP contribution >= 0.6 is 0 Å². The zero-order valence-electron chi connectivity index (χ0n) is 13.3. The Kier molecular flexibility index (Phi) is 3.83. The maximum atomic E-state index is 12.7. The molecule has 2 saturated carbocycles. The third-order valence-electron chi connectivity index (χ3n) is 5.44. The molecule has 0 aromatic heterocycles. The summed E-state index contributed by atoms with van der Waals surface area (Å²) in [5.74, 6) is 1.89. The number of amides is 1. The van der Waals surface area contributed by atoms with Gasteiger partial charge in [-0.05, 0) is 55.8 Å². The Morgan fingerprint density at radius 2 is 2.05 bits per heavy atom. The highest BCUT2D eigenvalue weighted by molar-refractivity contribution is 5.84. The molecule has 0 bridgehead atoms. The summed E-state index contributed by atoms with van der Waals surface area (Å²) in [4.78, 5) is 14.9. The van der Waals surface area contributed by atoms with Gasteiger partial charge in [-0.25, -0.2) is 0 Å². The second-order valence-corrected chi connectivity index (χ2v) is 7.76. The minimum atomic E-state index is 0.0709. The fraction of sp³-hybridized carbons (Fsp3) is 0.941. The number of nitrogens with one attached hydrogen (secondary N) is 1. The minimum Gasteiger partial charge on any atom is -0.325 e. The maximum absolute atomic E-state index is 12.7. The van der Waals surface area contributed by atoms with Crippen molar-refractivity contribution in [2.75, 3.05) is 6.54 Å². The van der Waals surface area contributed by atoms with Gasteiger partial charge in [0.1, 0.15) is 0 Å². The normalized spacial score (nSPS) is 32.2. The summed E-state index contributed by atoms with van der Waals surface area (Å²) in [6.45, 7) is 7.66. The van der Waals surface area contributed by atoms with Crippen molar-refractivity contribution in [2.24, 2.45) is 17.3 Å². The highest BCUT2D eigenvalue weighted by atomic mass is 16.2. The molecular weight excluding hydrogens is 248 g/mol. The fourth-order valence-electron chi connectivity index (χ4n) is 3.98. The summed E-state index contributed by atoms with van der Waals surface area (Å²) in [6, 6.07) is 0.0709. The first-order chi connectivity index (χ1) is 9.55. The van der Waals surface area contributed by atoms with Crippen LogP contribution in [0.2, 0.25) is 0 Å². The Morgan fingerprint density at radius 3 is 2.55 bits per heavy atom. The van der Waals surface area contributed by atoms with Crippen molar-refractivity contribution in [3.8, 4) is 0 Å². The molecule has 2 unspecified atom stereocenters. The molecule has 1 amide bonds. The van der Waals surface area contributed by atoms with E-state index in [0.29, 0.717) is 23.4 Å². The number of hydrogen-bond acceptors (Lipinski definition) is 2. The van der Waals surface area contributed by atoms with Crippen molar-refractivity contribution in [1.29, 1.82) is 0 Å². The molecule has 3 heteroatoms. The molecule has 20 heavy (non-hydrogen) atoms. The van der Waals surface area contributed by atoms with Crippen molar-refractivity contribution >= 4 is 5.91 Å². The van der Waals surface area contributed by atoms with Gasteiger partial charge in [-0.3, -0.25) is 10.1 Å². The lowest BCUT2D eigenvalue weighted by atomic mass is 9.99. The quantitative estimate of drug-likeness (QED) is 0.776. The van der Waals surface area contributed by atoms with E-state index in [2.05, 4.69) is 31.0 Å². The Hall–Kier alpha value is -0.570. The van der Waals surface area contributed by atoms with Crippen LogP contribution in [0.3, 0.4) is 0 Å². The highest BCUT2D eigenvalue weighted by Gasteiger charge is 2.56. The van der Waals surface area contributed by atoms with E-state index in [0.717, 1.165) is 31.7 Å². The van der Waals surface area contributed by atoms with Gasteiger partial charge in [0.25, 0.3) is 0 Å². The summed E-state index contributed by atoms with van der Waals surface area (Å²) in [5, 5.41) is 3.61. The predicted molar refractivity (Wildman–Crippen MR) is 81.2 cm³/mol. The summed E-state index contributed by atoms with van der Waals surface area (Å²) in [6.07, 6.45) is 9.04. The summed E-state index contributed by atoms with van der Waals surface area (Å²) in [5.41, 5.74) is 0.524. The molecule has 0 aromatic carbocycles. The molecular formula is C17H30N2O. The van der Waals surface area contributed by atoms with Gasteiger partial charge in [-0.15, -0.1) is 0 Å². The smallest absolute Gasteiger partial charge is 0.241 e. The van der Waals surface area contributed by atoms with Gasteiger partial charge in [0, 0.05) is 6.54 Å². The van der Waals surface area contributed by atoms with Crippen LogP contribution in [-0.2, 0) is 4.79 Å². The van der Waals surface area contributed by atoms with Crippen LogP contribution in [-0.4, -0.2) is 29.6 Å². The molecule has 0 radical (unpaired) electrons. The molecule has 1 saturated heterocycles. The van der Waals surface area contributed by atoms with E-state index >= 15 is 0 Å². The molecule has 1 N–H and O–H groups in total. The average Bonchev–Trinajstić information content (AvgIpc) is 3.25. The zero-order valence-corrected chi connectivity index (χ0v) is 13.3. The molecule has 1 aliphatic heterocycles. The van der Waals surface area contributed by atoms with Gasteiger partial charge in [-0.1, -0.05) is 27.2 Å². The topological polar surface area (TPSA) is 32.3 Å².